The molecule has 1 aliphatic heterocycles. The van der Waals surface area contributed by atoms with Gasteiger partial charge in [0.2, 0.25) is 6.33 Å². The van der Waals surface area contributed by atoms with Gasteiger partial charge in [0, 0.05) is 11.9 Å². The number of hydrogen-bond donors (Lipinski definition) is 0. The number of nitrogens with zero attached hydrogens (tertiary/aromatic N) is 3. The molecule has 5 heteroatoms. The Balaban J connectivity index is 0.000000175. The van der Waals surface area contributed by atoms with Crippen molar-refractivity contribution < 1.29 is 29.4 Å². The summed E-state index contributed by atoms with van der Waals surface area (Å²) >= 11 is 0. The van der Waals surface area contributed by atoms with Crippen molar-refractivity contribution in [2.45, 2.75) is 19.9 Å². The van der Waals surface area contributed by atoms with Gasteiger partial charge in [0.1, 0.15) is 5.75 Å². The molecular weight excluding hydrogens is 623 g/mol. The number of para-hydroxylation sites is 1. The Bertz CT molecular complexity index is 1610. The van der Waals surface area contributed by atoms with Crippen LogP contribution < -0.4 is 9.30 Å². The van der Waals surface area contributed by atoms with Crippen LogP contribution in [-0.2, 0) is 20.1 Å². The Labute approximate surface area is 224 Å². The van der Waals surface area contributed by atoms with E-state index in [0.717, 1.165) is 50.2 Å². The summed E-state index contributed by atoms with van der Waals surface area (Å²) in [6.07, 6.45) is 5.26. The number of aromatic nitrogens is 3. The number of hydrogen-bond acceptors (Lipinski definition) is 2. The molecule has 2 aromatic heterocycles. The van der Waals surface area contributed by atoms with Crippen LogP contribution in [0.3, 0.4) is 0 Å². The number of fused-ring (bicyclic) bond motifs is 4. The van der Waals surface area contributed by atoms with Crippen LogP contribution in [0.1, 0.15) is 19.9 Å². The van der Waals surface area contributed by atoms with Crippen molar-refractivity contribution in [2.75, 3.05) is 0 Å². The minimum absolute atomic E-state index is 0. The molecule has 0 aliphatic carbocycles. The van der Waals surface area contributed by atoms with Crippen molar-refractivity contribution >= 4 is 21.8 Å². The summed E-state index contributed by atoms with van der Waals surface area (Å²) in [5.74, 6) is 1.72. The maximum Gasteiger partial charge on any atom is 3.00 e. The van der Waals surface area contributed by atoms with Crippen molar-refractivity contribution in [1.82, 2.24) is 9.55 Å². The summed E-state index contributed by atoms with van der Waals surface area (Å²) in [7, 11) is 0. The van der Waals surface area contributed by atoms with Crippen molar-refractivity contribution in [3.05, 3.63) is 116 Å². The van der Waals surface area contributed by atoms with E-state index in [1.807, 2.05) is 72.8 Å². The molecule has 4 aromatic carbocycles. The quantitative estimate of drug-likeness (QED) is 0.151. The summed E-state index contributed by atoms with van der Waals surface area (Å²) in [5, 5.41) is 2.23. The smallest absolute Gasteiger partial charge is 0.526 e. The van der Waals surface area contributed by atoms with Crippen LogP contribution in [0.25, 0.3) is 38.8 Å². The average molecular weight is 646 g/mol. The summed E-state index contributed by atoms with van der Waals surface area (Å²) in [5.41, 5.74) is 5.12. The number of imidazole rings is 1. The van der Waals surface area contributed by atoms with Gasteiger partial charge in [0.25, 0.3) is 0 Å². The first-order valence-corrected chi connectivity index (χ1v) is 11.7. The van der Waals surface area contributed by atoms with Crippen molar-refractivity contribution in [3.63, 3.8) is 0 Å². The molecule has 0 radical (unpaired) electrons. The molecule has 0 bridgehead atoms. The molecule has 6 aromatic rings. The van der Waals surface area contributed by atoms with Gasteiger partial charge in [0.15, 0.2) is 0 Å². The Morgan fingerprint density at radius 1 is 0.889 bits per heavy atom. The molecule has 0 spiro atoms. The van der Waals surface area contributed by atoms with Gasteiger partial charge < -0.3 is 18.9 Å². The fourth-order valence-corrected chi connectivity index (χ4v) is 4.40. The Morgan fingerprint density at radius 2 is 1.72 bits per heavy atom. The van der Waals surface area contributed by atoms with Gasteiger partial charge >= 0.3 is 20.1 Å². The van der Waals surface area contributed by atoms with E-state index in [1.165, 1.54) is 0 Å². The van der Waals surface area contributed by atoms with Crippen LogP contribution in [0.15, 0.2) is 97.2 Å². The summed E-state index contributed by atoms with van der Waals surface area (Å²) in [4.78, 5) is 4.22. The molecule has 0 fully saturated rings. The summed E-state index contributed by atoms with van der Waals surface area (Å²) < 4.78 is 10.5. The first-order valence-electron chi connectivity index (χ1n) is 11.7. The molecule has 4 nitrogen and oxygen atoms in total. The van der Waals surface area contributed by atoms with Crippen LogP contribution >= 0.6 is 0 Å². The van der Waals surface area contributed by atoms with Gasteiger partial charge in [0.05, 0.1) is 17.1 Å². The largest absolute Gasteiger partial charge is 3.00 e. The molecule has 0 amide bonds. The van der Waals surface area contributed by atoms with Gasteiger partial charge in [-0.1, -0.05) is 47.9 Å². The molecule has 3 heterocycles. The van der Waals surface area contributed by atoms with Crippen LogP contribution in [0.2, 0.25) is 0 Å². The second kappa shape index (κ2) is 10.1. The van der Waals surface area contributed by atoms with E-state index in [-0.39, 0.29) is 20.1 Å². The van der Waals surface area contributed by atoms with Crippen molar-refractivity contribution in [2.24, 2.45) is 0 Å². The van der Waals surface area contributed by atoms with Crippen LogP contribution in [0.5, 0.6) is 11.5 Å². The van der Waals surface area contributed by atoms with Gasteiger partial charge in [-0.2, -0.15) is 12.1 Å². The van der Waals surface area contributed by atoms with E-state index in [9.17, 15) is 0 Å². The molecule has 36 heavy (non-hydrogen) atoms. The van der Waals surface area contributed by atoms with E-state index in [4.69, 9.17) is 4.74 Å². The van der Waals surface area contributed by atoms with E-state index in [0.29, 0.717) is 6.04 Å². The summed E-state index contributed by atoms with van der Waals surface area (Å²) in [6.45, 7) is 4.33. The average Bonchev–Trinajstić information content (AvgIpc) is 3.32. The zero-order valence-electron chi connectivity index (χ0n) is 19.9. The molecule has 176 valence electrons. The molecule has 0 N–H and O–H groups in total. The maximum absolute atomic E-state index is 6.27. The zero-order chi connectivity index (χ0) is 23.8. The number of rotatable bonds is 2. The van der Waals surface area contributed by atoms with Gasteiger partial charge in [-0.3, -0.25) is 0 Å². The van der Waals surface area contributed by atoms with Crippen LogP contribution in [-0.4, -0.2) is 9.55 Å². The van der Waals surface area contributed by atoms with Crippen molar-refractivity contribution in [3.8, 4) is 28.4 Å². The fourth-order valence-electron chi connectivity index (χ4n) is 4.40. The van der Waals surface area contributed by atoms with Crippen LogP contribution in [0, 0.1) is 18.5 Å². The van der Waals surface area contributed by atoms with E-state index < -0.39 is 0 Å². The number of benzene rings is 4. The molecule has 0 saturated heterocycles. The summed E-state index contributed by atoms with van der Waals surface area (Å²) in [6, 6.07) is 37.0. The van der Waals surface area contributed by atoms with Gasteiger partial charge in [-0.25, -0.2) is 0 Å². The predicted molar refractivity (Wildman–Crippen MR) is 138 cm³/mol. The normalized spacial score (nSPS) is 11.3. The second-order valence-corrected chi connectivity index (χ2v) is 8.67. The minimum Gasteiger partial charge on any atom is -0.526 e. The Kier molecular flexibility index (Phi) is 6.69. The van der Waals surface area contributed by atoms with Crippen molar-refractivity contribution in [1.29, 1.82) is 0 Å². The third-order valence-corrected chi connectivity index (χ3v) is 6.06. The molecule has 0 atom stereocenters. The van der Waals surface area contributed by atoms with E-state index in [2.05, 4.69) is 64.6 Å². The minimum atomic E-state index is 0. The monoisotopic (exact) mass is 646 g/mol. The zero-order valence-corrected chi connectivity index (χ0v) is 22.3. The molecule has 1 aliphatic rings. The van der Waals surface area contributed by atoms with E-state index >= 15 is 0 Å². The standard InChI is InChI=1S/C20H15N2O.C11H8N.Ir/c1-13(2)21-12-22-17-11-10-14-6-3-4-7-15(14)20(17)23-18-9-5-8-16(21)19(18)22;1-2-6-10(7-3-1)11-8-4-5-9-12-11;/h3-10,13H,1-2H3;1-6,8-9H;/q2*-1;+3. The van der Waals surface area contributed by atoms with Gasteiger partial charge in [-0.05, 0) is 37.4 Å². The first-order chi connectivity index (χ1) is 17.2. The number of ether oxygens (including phenoxy) is 1. The first kappa shape index (κ1) is 23.9. The topological polar surface area (TPSA) is 30.9 Å². The SMILES string of the molecule is CC(C)n1[c-][n+]2c3c(cccc31)Oc1c-2[c-]cc2ccccc12.[Ir+3].[c-]1ccccc1-c1ccccn1. The third kappa shape index (κ3) is 4.21. The Morgan fingerprint density at radius 3 is 2.50 bits per heavy atom. The molecule has 7 rings (SSSR count). The second-order valence-electron chi connectivity index (χ2n) is 8.67. The molecule has 0 saturated carbocycles. The predicted octanol–water partition coefficient (Wildman–Crippen LogP) is 6.90. The molecule has 0 unspecified atom stereocenters. The Hall–Kier alpha value is -3.79. The molecular formula is C31H23IrN3O+. The maximum atomic E-state index is 6.27. The van der Waals surface area contributed by atoms with Crippen LogP contribution in [0.4, 0.5) is 0 Å². The van der Waals surface area contributed by atoms with E-state index in [1.54, 1.807) is 6.20 Å². The third-order valence-electron chi connectivity index (χ3n) is 6.06. The fraction of sp³-hybridized carbons (Fsp3) is 0.0968. The van der Waals surface area contributed by atoms with Gasteiger partial charge in [-0.15, -0.1) is 47.3 Å². The number of pyridine rings is 1.